The number of aromatic nitrogens is 4. The van der Waals surface area contributed by atoms with E-state index in [2.05, 4.69) is 20.3 Å². The lowest BCUT2D eigenvalue weighted by Crippen LogP contribution is -2.44. The summed E-state index contributed by atoms with van der Waals surface area (Å²) >= 11 is 0. The van der Waals surface area contributed by atoms with Crippen LogP contribution in [0.4, 0.5) is 5.95 Å². The summed E-state index contributed by atoms with van der Waals surface area (Å²) < 4.78 is 7.27. The number of nitrogens with zero attached hydrogens (tertiary/aromatic N) is 3. The molecule has 0 saturated carbocycles. The van der Waals surface area contributed by atoms with Crippen LogP contribution in [0.5, 0.6) is 0 Å². The Hall–Kier alpha value is -4.17. The lowest BCUT2D eigenvalue weighted by Gasteiger charge is -2.38. The minimum absolute atomic E-state index is 0.00999. The lowest BCUT2D eigenvalue weighted by molar-refractivity contribution is -0.0767. The van der Waals surface area contributed by atoms with Crippen LogP contribution in [0, 0.1) is 0 Å². The Morgan fingerprint density at radius 2 is 1.76 bits per heavy atom. The zero-order valence-corrected chi connectivity index (χ0v) is 22.0. The van der Waals surface area contributed by atoms with Crippen molar-refractivity contribution in [2.45, 2.75) is 49.2 Å². The Balaban J connectivity index is 1.29. The molecule has 0 spiro atoms. The normalized spacial score (nSPS) is 27.9. The number of H-pyrrole nitrogens is 1. The third kappa shape index (κ3) is 3.54. The van der Waals surface area contributed by atoms with E-state index in [-0.39, 0.29) is 30.1 Å². The molecule has 214 valence electrons. The number of aliphatic hydroxyl groups is 5. The van der Waals surface area contributed by atoms with Gasteiger partial charge in [-0.2, -0.15) is 4.98 Å². The van der Waals surface area contributed by atoms with Gasteiger partial charge >= 0.3 is 0 Å². The van der Waals surface area contributed by atoms with Crippen molar-refractivity contribution in [3.63, 3.8) is 0 Å². The molecule has 7 N–H and O–H groups in total. The molecular weight excluding hydrogens is 542 g/mol. The van der Waals surface area contributed by atoms with Gasteiger partial charge in [-0.05, 0) is 49.5 Å². The lowest BCUT2D eigenvalue weighted by atomic mass is 9.77. The van der Waals surface area contributed by atoms with Crippen LogP contribution in [0.25, 0.3) is 43.5 Å². The standard InChI is InChI=1S/C30H27N5O7/c36-10-18-17(37)9-19(42-18)35-11-31-24-28(35)33-30(34-29(24)41)32-23-22-15-7-6-13-3-1-2-12-4-5-14(21(15)20(12)13)8-16(22)25(38)27(40)26(23)39/h1-8,11,17-19,23,25-27,36-40H,9-10H2,(H2,32,33,34,41)/t17-,18+,19+,23?,25?,26?,27?/m0/s1. The fourth-order valence-corrected chi connectivity index (χ4v) is 6.75. The fraction of sp³-hybridized carbons (Fsp3) is 0.300. The van der Waals surface area contributed by atoms with Crippen LogP contribution >= 0.6 is 0 Å². The molecule has 8 rings (SSSR count). The van der Waals surface area contributed by atoms with Gasteiger partial charge in [0.2, 0.25) is 5.95 Å². The summed E-state index contributed by atoms with van der Waals surface area (Å²) in [5.41, 5.74) is 0.746. The number of nitrogens with one attached hydrogen (secondary N) is 2. The first-order valence-electron chi connectivity index (χ1n) is 13.8. The minimum Gasteiger partial charge on any atom is -0.394 e. The Morgan fingerprint density at radius 3 is 2.52 bits per heavy atom. The van der Waals surface area contributed by atoms with E-state index in [4.69, 9.17) is 4.74 Å². The Kier molecular flexibility index (Phi) is 5.57. The van der Waals surface area contributed by atoms with Crippen LogP contribution in [-0.4, -0.2) is 76.1 Å². The molecule has 0 bridgehead atoms. The van der Waals surface area contributed by atoms with E-state index in [9.17, 15) is 30.3 Å². The molecule has 1 saturated heterocycles. The van der Waals surface area contributed by atoms with Crippen molar-refractivity contribution in [2.24, 2.45) is 0 Å². The molecule has 2 aliphatic rings. The maximum absolute atomic E-state index is 13.0. The van der Waals surface area contributed by atoms with Gasteiger partial charge in [-0.1, -0.05) is 42.5 Å². The highest BCUT2D eigenvalue weighted by Gasteiger charge is 2.42. The molecule has 42 heavy (non-hydrogen) atoms. The highest BCUT2D eigenvalue weighted by atomic mass is 16.5. The second kappa shape index (κ2) is 9.16. The summed E-state index contributed by atoms with van der Waals surface area (Å²) in [5, 5.41) is 61.9. The second-order valence-corrected chi connectivity index (χ2v) is 11.1. The van der Waals surface area contributed by atoms with Gasteiger partial charge in [0.25, 0.3) is 5.56 Å². The van der Waals surface area contributed by atoms with E-state index in [1.54, 1.807) is 0 Å². The number of fused-ring (bicyclic) bond motifs is 3. The van der Waals surface area contributed by atoms with Crippen molar-refractivity contribution < 1.29 is 30.3 Å². The largest absolute Gasteiger partial charge is 0.394 e. The molecule has 4 aromatic carbocycles. The first kappa shape index (κ1) is 25.5. The average Bonchev–Trinajstić information content (AvgIpc) is 3.59. The van der Waals surface area contributed by atoms with Crippen LogP contribution < -0.4 is 10.9 Å². The topological polar surface area (TPSA) is 186 Å². The first-order chi connectivity index (χ1) is 20.3. The Morgan fingerprint density at radius 1 is 1.00 bits per heavy atom. The summed E-state index contributed by atoms with van der Waals surface area (Å²) in [6.45, 7) is -0.361. The smallest absolute Gasteiger partial charge is 0.280 e. The van der Waals surface area contributed by atoms with Crippen molar-refractivity contribution in [1.82, 2.24) is 19.5 Å². The highest BCUT2D eigenvalue weighted by Crippen LogP contribution is 2.46. The van der Waals surface area contributed by atoms with Crippen LogP contribution in [0.1, 0.15) is 35.9 Å². The number of aromatic amines is 1. The van der Waals surface area contributed by atoms with Gasteiger partial charge in [0.1, 0.15) is 30.6 Å². The summed E-state index contributed by atoms with van der Waals surface area (Å²) in [6.07, 6.45) is -5.10. The molecule has 1 aliphatic heterocycles. The highest BCUT2D eigenvalue weighted by molar-refractivity contribution is 6.24. The average molecular weight is 570 g/mol. The van der Waals surface area contributed by atoms with Crippen LogP contribution in [0.2, 0.25) is 0 Å². The molecule has 4 unspecified atom stereocenters. The molecule has 6 aromatic rings. The summed E-state index contributed by atoms with van der Waals surface area (Å²) in [6, 6.07) is 14.9. The number of hydrogen-bond acceptors (Lipinski definition) is 10. The van der Waals surface area contributed by atoms with Crippen molar-refractivity contribution in [1.29, 1.82) is 0 Å². The van der Waals surface area contributed by atoms with E-state index in [0.717, 1.165) is 32.3 Å². The maximum Gasteiger partial charge on any atom is 0.280 e. The van der Waals surface area contributed by atoms with Gasteiger partial charge < -0.3 is 35.6 Å². The molecule has 12 heteroatoms. The van der Waals surface area contributed by atoms with Gasteiger partial charge in [-0.25, -0.2) is 4.98 Å². The fourth-order valence-electron chi connectivity index (χ4n) is 6.75. The van der Waals surface area contributed by atoms with Crippen LogP contribution in [-0.2, 0) is 4.74 Å². The van der Waals surface area contributed by atoms with Crippen LogP contribution in [0.15, 0.2) is 59.7 Å². The summed E-state index contributed by atoms with van der Waals surface area (Å²) in [7, 11) is 0. The molecule has 1 fully saturated rings. The molecule has 1 aliphatic carbocycles. The third-order valence-corrected chi connectivity index (χ3v) is 8.78. The van der Waals surface area contributed by atoms with E-state index >= 15 is 0 Å². The minimum atomic E-state index is -1.51. The molecule has 3 heterocycles. The Labute approximate surface area is 236 Å². The van der Waals surface area contributed by atoms with Crippen molar-refractivity contribution in [3.8, 4) is 0 Å². The number of anilines is 1. The predicted molar refractivity (Wildman–Crippen MR) is 153 cm³/mol. The van der Waals surface area contributed by atoms with Crippen molar-refractivity contribution in [2.75, 3.05) is 11.9 Å². The quantitative estimate of drug-likeness (QED) is 0.154. The van der Waals surface area contributed by atoms with Gasteiger partial charge in [-0.3, -0.25) is 14.3 Å². The van der Waals surface area contributed by atoms with E-state index in [1.807, 2.05) is 48.5 Å². The van der Waals surface area contributed by atoms with Crippen molar-refractivity contribution in [3.05, 3.63) is 76.3 Å². The monoisotopic (exact) mass is 569 g/mol. The van der Waals surface area contributed by atoms with Crippen molar-refractivity contribution >= 4 is 49.4 Å². The molecule has 12 nitrogen and oxygen atoms in total. The second-order valence-electron chi connectivity index (χ2n) is 11.1. The van der Waals surface area contributed by atoms with E-state index in [0.29, 0.717) is 11.1 Å². The van der Waals surface area contributed by atoms with Gasteiger partial charge in [-0.15, -0.1) is 0 Å². The number of aliphatic hydroxyl groups excluding tert-OH is 5. The first-order valence-corrected chi connectivity index (χ1v) is 13.8. The maximum atomic E-state index is 13.0. The van der Waals surface area contributed by atoms with Gasteiger partial charge in [0, 0.05) is 6.42 Å². The molecule has 0 amide bonds. The number of hydrogen-bond donors (Lipinski definition) is 7. The molecule has 7 atom stereocenters. The summed E-state index contributed by atoms with van der Waals surface area (Å²) in [4.78, 5) is 24.5. The third-order valence-electron chi connectivity index (χ3n) is 8.78. The van der Waals surface area contributed by atoms with Crippen LogP contribution in [0.3, 0.4) is 0 Å². The van der Waals surface area contributed by atoms with Gasteiger partial charge in [0.15, 0.2) is 11.2 Å². The number of benzene rings is 4. The molecular formula is C30H27N5O7. The van der Waals surface area contributed by atoms with E-state index in [1.165, 1.54) is 10.9 Å². The Bertz CT molecular complexity index is 2040. The molecule has 2 aromatic heterocycles. The molecule has 0 radical (unpaired) electrons. The number of rotatable bonds is 4. The SMILES string of the molecule is O=c1[nH]c(NC2c3c(cc4ccc5cccc6ccc3c4c56)C(O)C(O)C2O)nc2c1ncn2[C@H]1C[C@H](O)[C@@H](CO)O1. The van der Waals surface area contributed by atoms with E-state index < -0.39 is 48.3 Å². The summed E-state index contributed by atoms with van der Waals surface area (Å²) in [5.74, 6) is 0.00999. The number of ether oxygens (including phenoxy) is 1. The zero-order valence-electron chi connectivity index (χ0n) is 22.0. The zero-order chi connectivity index (χ0) is 28.9. The number of imidazole rings is 1. The predicted octanol–water partition coefficient (Wildman–Crippen LogP) is 1.58. The van der Waals surface area contributed by atoms with Gasteiger partial charge in [0.05, 0.1) is 25.1 Å².